The molecule has 0 saturated carbocycles. The summed E-state index contributed by atoms with van der Waals surface area (Å²) in [5, 5.41) is 9.28. The molecule has 3 N–H and O–H groups in total. The second kappa shape index (κ2) is 13.7. The van der Waals surface area contributed by atoms with Crippen LogP contribution in [0.5, 0.6) is 11.5 Å². The number of hydrogen-bond acceptors (Lipinski definition) is 4. The highest BCUT2D eigenvalue weighted by Crippen LogP contribution is 2.26. The number of aryl methyl sites for hydroxylation is 1. The Hall–Kier alpha value is -2.49. The van der Waals surface area contributed by atoms with E-state index in [4.69, 9.17) is 9.47 Å². The molecule has 30 heavy (non-hydrogen) atoms. The van der Waals surface area contributed by atoms with Crippen molar-refractivity contribution in [1.82, 2.24) is 16.0 Å². The number of aliphatic imine (C=N–C) groups is 1. The van der Waals surface area contributed by atoms with E-state index in [2.05, 4.69) is 20.9 Å². The van der Waals surface area contributed by atoms with E-state index in [1.165, 1.54) is 0 Å². The van der Waals surface area contributed by atoms with Gasteiger partial charge in [0.1, 0.15) is 6.10 Å². The van der Waals surface area contributed by atoms with Crippen LogP contribution in [0, 0.1) is 6.92 Å². The molecule has 2 aromatic carbocycles. The largest absolute Gasteiger partial charge is 0.493 e. The van der Waals surface area contributed by atoms with Crippen molar-refractivity contribution in [2.75, 3.05) is 33.8 Å². The number of methoxy groups -OCH3 is 1. The van der Waals surface area contributed by atoms with Crippen molar-refractivity contribution in [2.24, 2.45) is 4.99 Å². The van der Waals surface area contributed by atoms with E-state index in [0.29, 0.717) is 42.7 Å². The van der Waals surface area contributed by atoms with Gasteiger partial charge >= 0.3 is 0 Å². The zero-order valence-electron chi connectivity index (χ0n) is 17.9. The topological polar surface area (TPSA) is 84.0 Å². The molecule has 0 aliphatic heterocycles. The SMILES string of the molecule is CN=C(NCCNC(=O)c1cccc(C)c1)NCC(C)Oc1ccccc1OC.I. The van der Waals surface area contributed by atoms with E-state index in [0.717, 1.165) is 5.56 Å². The third-order valence-electron chi connectivity index (χ3n) is 4.16. The predicted octanol–water partition coefficient (Wildman–Crippen LogP) is 2.98. The first-order chi connectivity index (χ1) is 14.0. The number of halogens is 1. The molecule has 0 saturated heterocycles. The summed E-state index contributed by atoms with van der Waals surface area (Å²) in [4.78, 5) is 16.3. The standard InChI is InChI=1S/C22H30N4O3.HI/c1-16-8-7-9-18(14-16)21(27)24-12-13-25-22(23-3)26-15-17(2)29-20-11-6-5-10-19(20)28-4;/h5-11,14,17H,12-13,15H2,1-4H3,(H,24,27)(H2,23,25,26);1H. The molecule has 0 aliphatic rings. The summed E-state index contributed by atoms with van der Waals surface area (Å²) in [6, 6.07) is 15.1. The highest BCUT2D eigenvalue weighted by Gasteiger charge is 2.09. The van der Waals surface area contributed by atoms with Gasteiger partial charge in [-0.25, -0.2) is 0 Å². The molecular formula is C22H31IN4O3. The van der Waals surface area contributed by atoms with Crippen molar-refractivity contribution in [1.29, 1.82) is 0 Å². The van der Waals surface area contributed by atoms with Gasteiger partial charge in [-0.2, -0.15) is 0 Å². The summed E-state index contributed by atoms with van der Waals surface area (Å²) < 4.78 is 11.2. The Morgan fingerprint density at radius 2 is 1.73 bits per heavy atom. The number of nitrogens with one attached hydrogen (secondary N) is 3. The molecule has 8 heteroatoms. The molecule has 1 unspecified atom stereocenters. The van der Waals surface area contributed by atoms with Crippen molar-refractivity contribution in [3.63, 3.8) is 0 Å². The van der Waals surface area contributed by atoms with E-state index in [-0.39, 0.29) is 36.0 Å². The van der Waals surface area contributed by atoms with E-state index < -0.39 is 0 Å². The number of hydrogen-bond donors (Lipinski definition) is 3. The summed E-state index contributed by atoms with van der Waals surface area (Å²) in [5.74, 6) is 1.96. The molecule has 0 bridgehead atoms. The van der Waals surface area contributed by atoms with Gasteiger partial charge in [0.15, 0.2) is 17.5 Å². The fourth-order valence-electron chi connectivity index (χ4n) is 2.68. The Kier molecular flexibility index (Phi) is 11.7. The fourth-order valence-corrected chi connectivity index (χ4v) is 2.68. The number of carbonyl (C=O) groups is 1. The normalized spacial score (nSPS) is 11.7. The van der Waals surface area contributed by atoms with Crippen molar-refractivity contribution >= 4 is 35.8 Å². The minimum Gasteiger partial charge on any atom is -0.493 e. The third kappa shape index (κ3) is 8.48. The quantitative estimate of drug-likeness (QED) is 0.203. The van der Waals surface area contributed by atoms with Gasteiger partial charge in [-0.15, -0.1) is 24.0 Å². The summed E-state index contributed by atoms with van der Waals surface area (Å²) >= 11 is 0. The van der Waals surface area contributed by atoms with Crippen LogP contribution in [-0.4, -0.2) is 51.8 Å². The van der Waals surface area contributed by atoms with Crippen LogP contribution in [0.25, 0.3) is 0 Å². The fraction of sp³-hybridized carbons (Fsp3) is 0.364. The van der Waals surface area contributed by atoms with E-state index in [1.54, 1.807) is 20.2 Å². The lowest BCUT2D eigenvalue weighted by Gasteiger charge is -2.19. The van der Waals surface area contributed by atoms with Crippen LogP contribution < -0.4 is 25.4 Å². The molecule has 2 aromatic rings. The average molecular weight is 526 g/mol. The van der Waals surface area contributed by atoms with E-state index in [1.807, 2.05) is 56.3 Å². The van der Waals surface area contributed by atoms with Crippen LogP contribution in [0.2, 0.25) is 0 Å². The van der Waals surface area contributed by atoms with Gasteiger partial charge in [-0.05, 0) is 38.1 Å². The van der Waals surface area contributed by atoms with Crippen molar-refractivity contribution in [3.05, 3.63) is 59.7 Å². The Labute approximate surface area is 195 Å². The number of para-hydroxylation sites is 2. The number of ether oxygens (including phenoxy) is 2. The Bertz CT molecular complexity index is 830. The van der Waals surface area contributed by atoms with Crippen LogP contribution in [0.4, 0.5) is 0 Å². The minimum atomic E-state index is -0.0918. The van der Waals surface area contributed by atoms with Gasteiger partial charge in [0.25, 0.3) is 5.91 Å². The monoisotopic (exact) mass is 526 g/mol. The van der Waals surface area contributed by atoms with Crippen LogP contribution in [0.1, 0.15) is 22.8 Å². The maximum Gasteiger partial charge on any atom is 0.251 e. The number of amides is 1. The number of rotatable bonds is 9. The van der Waals surface area contributed by atoms with E-state index in [9.17, 15) is 4.79 Å². The molecule has 2 rings (SSSR count). The lowest BCUT2D eigenvalue weighted by molar-refractivity contribution is 0.0954. The Morgan fingerprint density at radius 3 is 2.40 bits per heavy atom. The smallest absolute Gasteiger partial charge is 0.251 e. The molecule has 0 spiro atoms. The van der Waals surface area contributed by atoms with Gasteiger partial charge in [0.05, 0.1) is 13.7 Å². The van der Waals surface area contributed by atoms with Crippen LogP contribution >= 0.6 is 24.0 Å². The predicted molar refractivity (Wildman–Crippen MR) is 131 cm³/mol. The van der Waals surface area contributed by atoms with Gasteiger partial charge in [-0.3, -0.25) is 9.79 Å². The van der Waals surface area contributed by atoms with Gasteiger partial charge < -0.3 is 25.4 Å². The zero-order chi connectivity index (χ0) is 21.1. The minimum absolute atomic E-state index is 0. The highest BCUT2D eigenvalue weighted by molar-refractivity contribution is 14.0. The molecule has 0 heterocycles. The maximum absolute atomic E-state index is 12.1. The van der Waals surface area contributed by atoms with Crippen LogP contribution in [0.3, 0.4) is 0 Å². The first-order valence-electron chi connectivity index (χ1n) is 9.62. The van der Waals surface area contributed by atoms with Crippen molar-refractivity contribution < 1.29 is 14.3 Å². The lowest BCUT2D eigenvalue weighted by atomic mass is 10.1. The molecule has 1 amide bonds. The number of benzene rings is 2. The number of nitrogens with zero attached hydrogens (tertiary/aromatic N) is 1. The molecular weight excluding hydrogens is 495 g/mol. The van der Waals surface area contributed by atoms with Crippen LogP contribution in [0.15, 0.2) is 53.5 Å². The summed E-state index contributed by atoms with van der Waals surface area (Å²) in [7, 11) is 3.32. The zero-order valence-corrected chi connectivity index (χ0v) is 20.2. The average Bonchev–Trinajstić information content (AvgIpc) is 2.73. The first-order valence-corrected chi connectivity index (χ1v) is 9.62. The molecule has 0 aliphatic carbocycles. The van der Waals surface area contributed by atoms with Crippen molar-refractivity contribution in [2.45, 2.75) is 20.0 Å². The van der Waals surface area contributed by atoms with Gasteiger partial charge in [-0.1, -0.05) is 29.8 Å². The molecule has 0 aromatic heterocycles. The highest BCUT2D eigenvalue weighted by atomic mass is 127. The Balaban J connectivity index is 0.00000450. The lowest BCUT2D eigenvalue weighted by Crippen LogP contribution is -2.44. The summed E-state index contributed by atoms with van der Waals surface area (Å²) in [6.45, 7) is 5.54. The summed E-state index contributed by atoms with van der Waals surface area (Å²) in [5.41, 5.74) is 1.72. The van der Waals surface area contributed by atoms with Crippen LogP contribution in [-0.2, 0) is 0 Å². The van der Waals surface area contributed by atoms with Gasteiger partial charge in [0.2, 0.25) is 0 Å². The summed E-state index contributed by atoms with van der Waals surface area (Å²) in [6.07, 6.45) is -0.0918. The molecule has 7 nitrogen and oxygen atoms in total. The van der Waals surface area contributed by atoms with Gasteiger partial charge in [0, 0.05) is 25.7 Å². The second-order valence-corrected chi connectivity index (χ2v) is 6.58. The second-order valence-electron chi connectivity index (χ2n) is 6.58. The molecule has 1 atom stereocenters. The number of guanidine groups is 1. The molecule has 0 radical (unpaired) electrons. The van der Waals surface area contributed by atoms with Crippen molar-refractivity contribution in [3.8, 4) is 11.5 Å². The Morgan fingerprint density at radius 1 is 1.03 bits per heavy atom. The van der Waals surface area contributed by atoms with E-state index >= 15 is 0 Å². The first kappa shape index (κ1) is 25.5. The number of carbonyl (C=O) groups excluding carboxylic acids is 1. The molecule has 164 valence electrons. The maximum atomic E-state index is 12.1. The molecule has 0 fully saturated rings. The third-order valence-corrected chi connectivity index (χ3v) is 4.16.